The fraction of sp³-hybridized carbons (Fsp3) is 0.267. The Morgan fingerprint density at radius 1 is 1.26 bits per heavy atom. The number of fused-ring (bicyclic) bond motifs is 1. The van der Waals surface area contributed by atoms with Crippen LogP contribution in [0.4, 0.5) is 5.69 Å². The molecule has 0 aliphatic carbocycles. The highest BCUT2D eigenvalue weighted by Gasteiger charge is 2.14. The molecule has 0 saturated carbocycles. The summed E-state index contributed by atoms with van der Waals surface area (Å²) < 4.78 is 1.05. The molecule has 0 spiro atoms. The van der Waals surface area contributed by atoms with Gasteiger partial charge >= 0.3 is 0 Å². The maximum absolute atomic E-state index is 12.0. The predicted octanol–water partition coefficient (Wildman–Crippen LogP) is 3.53. The summed E-state index contributed by atoms with van der Waals surface area (Å²) >= 11 is 3.45. The van der Waals surface area contributed by atoms with Gasteiger partial charge in [-0.3, -0.25) is 4.79 Å². The van der Waals surface area contributed by atoms with E-state index in [9.17, 15) is 4.79 Å². The van der Waals surface area contributed by atoms with E-state index in [4.69, 9.17) is 5.73 Å². The lowest BCUT2D eigenvalue weighted by molar-refractivity contribution is -0.119. The summed E-state index contributed by atoms with van der Waals surface area (Å²) in [4.78, 5) is 12.0. The van der Waals surface area contributed by atoms with Crippen LogP contribution in [0.25, 0.3) is 10.8 Å². The van der Waals surface area contributed by atoms with Gasteiger partial charge in [-0.1, -0.05) is 35.0 Å². The van der Waals surface area contributed by atoms with Crippen LogP contribution in [0.5, 0.6) is 0 Å². The van der Waals surface area contributed by atoms with E-state index in [2.05, 4.69) is 27.3 Å². The summed E-state index contributed by atoms with van der Waals surface area (Å²) in [7, 11) is 0. The minimum atomic E-state index is -0.124. The van der Waals surface area contributed by atoms with Crippen LogP contribution in [0, 0.1) is 5.92 Å². The van der Waals surface area contributed by atoms with E-state index in [0.717, 1.165) is 27.4 Å². The lowest BCUT2D eigenvalue weighted by Gasteiger charge is -2.13. The standard InChI is InChI=1S/C15H17BrN2O/c1-2-10(9-17)15(19)18-14-6-4-11-7-13(16)5-3-12(11)8-14/h3-8,10H,2,9,17H2,1H3,(H,18,19). The van der Waals surface area contributed by atoms with Crippen LogP contribution in [0.1, 0.15) is 13.3 Å². The molecule has 0 aliphatic rings. The van der Waals surface area contributed by atoms with Gasteiger partial charge in [-0.25, -0.2) is 0 Å². The second-order valence-corrected chi connectivity index (χ2v) is 5.45. The first-order valence-electron chi connectivity index (χ1n) is 6.34. The van der Waals surface area contributed by atoms with Gasteiger partial charge in [0.1, 0.15) is 0 Å². The average molecular weight is 321 g/mol. The Bertz CT molecular complexity index is 594. The molecule has 4 heteroatoms. The first kappa shape index (κ1) is 14.0. The fourth-order valence-corrected chi connectivity index (χ4v) is 2.38. The predicted molar refractivity (Wildman–Crippen MR) is 83.1 cm³/mol. The number of benzene rings is 2. The number of carbonyl (C=O) groups excluding carboxylic acids is 1. The van der Waals surface area contributed by atoms with Crippen molar-refractivity contribution in [2.24, 2.45) is 11.7 Å². The van der Waals surface area contributed by atoms with Crippen molar-refractivity contribution in [1.82, 2.24) is 0 Å². The first-order chi connectivity index (χ1) is 9.13. The zero-order chi connectivity index (χ0) is 13.8. The normalized spacial score (nSPS) is 12.4. The van der Waals surface area contributed by atoms with Crippen LogP contribution in [0.2, 0.25) is 0 Å². The van der Waals surface area contributed by atoms with Crippen molar-refractivity contribution in [3.8, 4) is 0 Å². The van der Waals surface area contributed by atoms with Crippen molar-refractivity contribution in [1.29, 1.82) is 0 Å². The minimum Gasteiger partial charge on any atom is -0.330 e. The van der Waals surface area contributed by atoms with Gasteiger partial charge in [0.2, 0.25) is 5.91 Å². The Morgan fingerprint density at radius 2 is 1.95 bits per heavy atom. The van der Waals surface area contributed by atoms with Crippen LogP contribution in [-0.4, -0.2) is 12.5 Å². The third-order valence-electron chi connectivity index (χ3n) is 3.22. The van der Waals surface area contributed by atoms with Gasteiger partial charge in [0.15, 0.2) is 0 Å². The van der Waals surface area contributed by atoms with E-state index in [1.807, 2.05) is 37.3 Å². The Labute approximate surface area is 121 Å². The second kappa shape index (κ2) is 6.17. The molecule has 0 radical (unpaired) electrons. The van der Waals surface area contributed by atoms with E-state index < -0.39 is 0 Å². The van der Waals surface area contributed by atoms with Crippen molar-refractivity contribution in [2.75, 3.05) is 11.9 Å². The Hall–Kier alpha value is -1.39. The Kier molecular flexibility index (Phi) is 4.56. The number of nitrogens with two attached hydrogens (primary N) is 1. The molecule has 3 N–H and O–H groups in total. The van der Waals surface area contributed by atoms with Crippen molar-refractivity contribution in [2.45, 2.75) is 13.3 Å². The summed E-state index contributed by atoms with van der Waals surface area (Å²) in [6, 6.07) is 11.9. The van der Waals surface area contributed by atoms with E-state index in [1.165, 1.54) is 0 Å². The molecule has 0 heterocycles. The molecule has 2 aromatic carbocycles. The van der Waals surface area contributed by atoms with Crippen LogP contribution in [0.3, 0.4) is 0 Å². The second-order valence-electron chi connectivity index (χ2n) is 4.54. The maximum Gasteiger partial charge on any atom is 0.228 e. The molecule has 19 heavy (non-hydrogen) atoms. The van der Waals surface area contributed by atoms with Crippen molar-refractivity contribution in [3.63, 3.8) is 0 Å². The van der Waals surface area contributed by atoms with Crippen molar-refractivity contribution < 1.29 is 4.79 Å². The molecular formula is C15H17BrN2O. The molecule has 0 bridgehead atoms. The summed E-state index contributed by atoms with van der Waals surface area (Å²) in [6.07, 6.45) is 0.753. The Balaban J connectivity index is 2.22. The topological polar surface area (TPSA) is 55.1 Å². The van der Waals surface area contributed by atoms with Crippen molar-refractivity contribution >= 4 is 38.3 Å². The number of halogens is 1. The Morgan fingerprint density at radius 3 is 2.63 bits per heavy atom. The lowest BCUT2D eigenvalue weighted by Crippen LogP contribution is -2.28. The monoisotopic (exact) mass is 320 g/mol. The molecular weight excluding hydrogens is 304 g/mol. The number of hydrogen-bond acceptors (Lipinski definition) is 2. The van der Waals surface area contributed by atoms with Crippen LogP contribution < -0.4 is 11.1 Å². The van der Waals surface area contributed by atoms with Crippen LogP contribution in [-0.2, 0) is 4.79 Å². The average Bonchev–Trinajstić information content (AvgIpc) is 2.40. The molecule has 0 aliphatic heterocycles. The minimum absolute atomic E-state index is 0.0125. The van der Waals surface area contributed by atoms with Crippen LogP contribution in [0.15, 0.2) is 40.9 Å². The van der Waals surface area contributed by atoms with Gasteiger partial charge in [-0.2, -0.15) is 0 Å². The zero-order valence-corrected chi connectivity index (χ0v) is 12.4. The SMILES string of the molecule is CCC(CN)C(=O)Nc1ccc2cc(Br)ccc2c1. The highest BCUT2D eigenvalue weighted by molar-refractivity contribution is 9.10. The molecule has 100 valence electrons. The van der Waals surface area contributed by atoms with Gasteiger partial charge in [0, 0.05) is 16.7 Å². The van der Waals surface area contributed by atoms with E-state index in [0.29, 0.717) is 6.54 Å². The highest BCUT2D eigenvalue weighted by Crippen LogP contribution is 2.23. The van der Waals surface area contributed by atoms with E-state index in [-0.39, 0.29) is 11.8 Å². The van der Waals surface area contributed by atoms with Gasteiger partial charge in [-0.15, -0.1) is 0 Å². The molecule has 2 aromatic rings. The number of hydrogen-bond donors (Lipinski definition) is 2. The number of carbonyl (C=O) groups is 1. The third-order valence-corrected chi connectivity index (χ3v) is 3.71. The van der Waals surface area contributed by atoms with Crippen LogP contribution >= 0.6 is 15.9 Å². The molecule has 2 rings (SSSR count). The van der Waals surface area contributed by atoms with E-state index >= 15 is 0 Å². The molecule has 0 saturated heterocycles. The number of nitrogens with one attached hydrogen (secondary N) is 1. The summed E-state index contributed by atoms with van der Waals surface area (Å²) in [5, 5.41) is 5.16. The molecule has 0 fully saturated rings. The summed E-state index contributed by atoms with van der Waals surface area (Å²) in [6.45, 7) is 2.35. The summed E-state index contributed by atoms with van der Waals surface area (Å²) in [5.74, 6) is -0.137. The van der Waals surface area contributed by atoms with Gasteiger partial charge in [0.25, 0.3) is 0 Å². The first-order valence-corrected chi connectivity index (χ1v) is 7.13. The molecule has 1 amide bonds. The van der Waals surface area contributed by atoms with Gasteiger partial charge in [-0.05, 0) is 41.5 Å². The smallest absolute Gasteiger partial charge is 0.228 e. The number of anilines is 1. The van der Waals surface area contributed by atoms with Gasteiger partial charge < -0.3 is 11.1 Å². The quantitative estimate of drug-likeness (QED) is 0.905. The molecule has 3 nitrogen and oxygen atoms in total. The maximum atomic E-state index is 12.0. The largest absolute Gasteiger partial charge is 0.330 e. The number of amides is 1. The fourth-order valence-electron chi connectivity index (χ4n) is 2.00. The third kappa shape index (κ3) is 3.33. The molecule has 0 aromatic heterocycles. The zero-order valence-electron chi connectivity index (χ0n) is 10.8. The van der Waals surface area contributed by atoms with Crippen molar-refractivity contribution in [3.05, 3.63) is 40.9 Å². The number of rotatable bonds is 4. The lowest BCUT2D eigenvalue weighted by atomic mass is 10.1. The molecule has 1 unspecified atom stereocenters. The highest BCUT2D eigenvalue weighted by atomic mass is 79.9. The van der Waals surface area contributed by atoms with Gasteiger partial charge in [0.05, 0.1) is 5.92 Å². The molecule has 1 atom stereocenters. The summed E-state index contributed by atoms with van der Waals surface area (Å²) in [5.41, 5.74) is 6.39. The van der Waals surface area contributed by atoms with E-state index in [1.54, 1.807) is 0 Å².